The second kappa shape index (κ2) is 9.89. The Hall–Kier alpha value is -3.97. The lowest BCUT2D eigenvalue weighted by molar-refractivity contribution is 0.0752. The quantitative estimate of drug-likeness (QED) is 0.409. The maximum absolute atomic E-state index is 13.5. The molecule has 172 valence electrons. The molecule has 4 rings (SSSR count). The number of rotatable bonds is 7. The Morgan fingerprint density at radius 2 is 1.59 bits per heavy atom. The van der Waals surface area contributed by atoms with Crippen molar-refractivity contribution in [2.75, 3.05) is 11.8 Å². The van der Waals surface area contributed by atoms with Gasteiger partial charge in [-0.3, -0.25) is 14.5 Å². The fraction of sp³-hybridized carbons (Fsp3) is 0.111. The van der Waals surface area contributed by atoms with Crippen molar-refractivity contribution in [2.45, 2.75) is 17.9 Å². The Morgan fingerprint density at radius 1 is 0.882 bits per heavy atom. The molecule has 1 amide bonds. The van der Waals surface area contributed by atoms with Gasteiger partial charge in [-0.1, -0.05) is 60.2 Å². The van der Waals surface area contributed by atoms with Crippen LogP contribution in [-0.2, 0) is 10.0 Å². The summed E-state index contributed by atoms with van der Waals surface area (Å²) in [6.45, 7) is 1.93. The molecule has 0 aliphatic heterocycles. The second-order valence-corrected chi connectivity index (χ2v) is 9.67. The molecule has 0 aliphatic rings. The topological polar surface area (TPSA) is 79.4 Å². The third-order valence-corrected chi connectivity index (χ3v) is 6.86. The van der Waals surface area contributed by atoms with Gasteiger partial charge in [-0.2, -0.15) is 0 Å². The number of nitrogens with one attached hydrogen (secondary N) is 1. The van der Waals surface area contributed by atoms with E-state index in [-0.39, 0.29) is 16.4 Å². The van der Waals surface area contributed by atoms with Crippen molar-refractivity contribution in [3.05, 3.63) is 126 Å². The number of hydrogen-bond donors (Lipinski definition) is 1. The van der Waals surface area contributed by atoms with E-state index in [4.69, 9.17) is 0 Å². The summed E-state index contributed by atoms with van der Waals surface area (Å²) in [5.74, 6) is -0.313. The van der Waals surface area contributed by atoms with Crippen LogP contribution in [0.15, 0.2) is 108 Å². The van der Waals surface area contributed by atoms with Crippen LogP contribution in [-0.4, -0.2) is 31.3 Å². The second-order valence-electron chi connectivity index (χ2n) is 7.98. The molecule has 1 unspecified atom stereocenters. The summed E-state index contributed by atoms with van der Waals surface area (Å²) in [7, 11) is -2.17. The van der Waals surface area contributed by atoms with Gasteiger partial charge in [-0.05, 0) is 55.0 Å². The fourth-order valence-corrected chi connectivity index (χ4v) is 4.82. The number of carbonyl (C=O) groups is 1. The predicted molar refractivity (Wildman–Crippen MR) is 133 cm³/mol. The summed E-state index contributed by atoms with van der Waals surface area (Å²) in [6.07, 6.45) is 1.69. The highest BCUT2D eigenvalue weighted by Gasteiger charge is 2.26. The van der Waals surface area contributed by atoms with Crippen molar-refractivity contribution in [3.63, 3.8) is 0 Å². The first kappa shape index (κ1) is 23.2. The van der Waals surface area contributed by atoms with Crippen molar-refractivity contribution in [1.82, 2.24) is 9.88 Å². The number of amides is 1. The lowest BCUT2D eigenvalue weighted by atomic mass is 10.0. The largest absolute Gasteiger partial charge is 0.329 e. The molecule has 0 bridgehead atoms. The first-order valence-electron chi connectivity index (χ1n) is 10.8. The van der Waals surface area contributed by atoms with Crippen molar-refractivity contribution >= 4 is 21.6 Å². The lowest BCUT2D eigenvalue weighted by Gasteiger charge is -2.28. The van der Waals surface area contributed by atoms with Gasteiger partial charge in [0, 0.05) is 24.5 Å². The Balaban J connectivity index is 1.64. The van der Waals surface area contributed by atoms with E-state index in [9.17, 15) is 13.2 Å². The number of nitrogens with zero attached hydrogens (tertiary/aromatic N) is 2. The van der Waals surface area contributed by atoms with E-state index in [1.165, 1.54) is 12.1 Å². The number of anilines is 1. The van der Waals surface area contributed by atoms with Crippen LogP contribution in [0.4, 0.5) is 5.69 Å². The van der Waals surface area contributed by atoms with Crippen LogP contribution in [0.2, 0.25) is 0 Å². The monoisotopic (exact) mass is 471 g/mol. The molecular weight excluding hydrogens is 446 g/mol. The molecule has 4 aromatic rings. The maximum Gasteiger partial charge on any atom is 0.261 e. The highest BCUT2D eigenvalue weighted by molar-refractivity contribution is 7.92. The molecule has 1 heterocycles. The van der Waals surface area contributed by atoms with E-state index in [0.717, 1.165) is 16.8 Å². The Bertz CT molecular complexity index is 1330. The third kappa shape index (κ3) is 5.15. The fourth-order valence-electron chi connectivity index (χ4n) is 3.72. The molecule has 0 aliphatic carbocycles. The lowest BCUT2D eigenvalue weighted by Crippen LogP contribution is -2.32. The van der Waals surface area contributed by atoms with E-state index in [1.54, 1.807) is 42.4 Å². The molecule has 7 heteroatoms. The molecule has 3 aromatic carbocycles. The van der Waals surface area contributed by atoms with Gasteiger partial charge in [0.2, 0.25) is 0 Å². The van der Waals surface area contributed by atoms with E-state index in [0.29, 0.717) is 5.69 Å². The highest BCUT2D eigenvalue weighted by Crippen LogP contribution is 2.28. The summed E-state index contributed by atoms with van der Waals surface area (Å²) < 4.78 is 28.5. The van der Waals surface area contributed by atoms with Crippen molar-refractivity contribution < 1.29 is 13.2 Å². The molecule has 1 aromatic heterocycles. The zero-order chi connectivity index (χ0) is 24.1. The minimum atomic E-state index is -3.87. The molecule has 0 radical (unpaired) electrons. The average Bonchev–Trinajstić information content (AvgIpc) is 2.86. The van der Waals surface area contributed by atoms with Crippen LogP contribution in [0.1, 0.15) is 33.2 Å². The number of benzene rings is 3. The van der Waals surface area contributed by atoms with Gasteiger partial charge >= 0.3 is 0 Å². The standard InChI is InChI=1S/C27H25N3O3S/c1-20-14-16-23(17-15-20)29-34(32,33)24-12-8-11-22(19-24)27(31)30(2)26(21-9-4-3-5-10-21)25-13-6-7-18-28-25/h3-19,26,29H,1-2H3. The van der Waals surface area contributed by atoms with E-state index in [1.807, 2.05) is 67.6 Å². The summed E-state index contributed by atoms with van der Waals surface area (Å²) in [4.78, 5) is 19.5. The van der Waals surface area contributed by atoms with Gasteiger partial charge in [0.05, 0.1) is 16.6 Å². The average molecular weight is 472 g/mol. The van der Waals surface area contributed by atoms with Crippen LogP contribution >= 0.6 is 0 Å². The molecule has 0 fully saturated rings. The number of pyridine rings is 1. The predicted octanol–water partition coefficient (Wildman–Crippen LogP) is 5.05. The number of hydrogen-bond acceptors (Lipinski definition) is 4. The first-order chi connectivity index (χ1) is 16.3. The Labute approximate surface area is 200 Å². The molecule has 0 saturated heterocycles. The third-order valence-electron chi connectivity index (χ3n) is 5.49. The van der Waals surface area contributed by atoms with E-state index in [2.05, 4.69) is 9.71 Å². The van der Waals surface area contributed by atoms with Gasteiger partial charge in [-0.15, -0.1) is 0 Å². The molecule has 1 N–H and O–H groups in total. The van der Waals surface area contributed by atoms with Crippen LogP contribution in [0.5, 0.6) is 0 Å². The minimum Gasteiger partial charge on any atom is -0.329 e. The molecule has 0 saturated carbocycles. The zero-order valence-electron chi connectivity index (χ0n) is 18.9. The Morgan fingerprint density at radius 3 is 2.26 bits per heavy atom. The smallest absolute Gasteiger partial charge is 0.261 e. The maximum atomic E-state index is 13.5. The SMILES string of the molecule is Cc1ccc(NS(=O)(=O)c2cccc(C(=O)N(C)C(c3ccccc3)c3ccccn3)c2)cc1. The summed E-state index contributed by atoms with van der Waals surface area (Å²) in [5.41, 5.74) is 3.38. The zero-order valence-corrected chi connectivity index (χ0v) is 19.7. The van der Waals surface area contributed by atoms with Crippen LogP contribution < -0.4 is 4.72 Å². The van der Waals surface area contributed by atoms with Crippen LogP contribution in [0, 0.1) is 6.92 Å². The number of aromatic nitrogens is 1. The van der Waals surface area contributed by atoms with Crippen molar-refractivity contribution in [3.8, 4) is 0 Å². The van der Waals surface area contributed by atoms with Crippen molar-refractivity contribution in [1.29, 1.82) is 0 Å². The first-order valence-corrected chi connectivity index (χ1v) is 12.3. The van der Waals surface area contributed by atoms with E-state index >= 15 is 0 Å². The molecule has 1 atom stereocenters. The summed E-state index contributed by atoms with van der Waals surface area (Å²) in [6, 6.07) is 27.9. The van der Waals surface area contributed by atoms with Gasteiger partial charge in [0.1, 0.15) is 0 Å². The number of carbonyl (C=O) groups excluding carboxylic acids is 1. The van der Waals surface area contributed by atoms with Gasteiger partial charge in [-0.25, -0.2) is 8.42 Å². The van der Waals surface area contributed by atoms with Crippen LogP contribution in [0.3, 0.4) is 0 Å². The summed E-state index contributed by atoms with van der Waals surface area (Å²) in [5, 5.41) is 0. The summed E-state index contributed by atoms with van der Waals surface area (Å²) >= 11 is 0. The van der Waals surface area contributed by atoms with E-state index < -0.39 is 16.1 Å². The number of aryl methyl sites for hydroxylation is 1. The van der Waals surface area contributed by atoms with Gasteiger partial charge < -0.3 is 4.90 Å². The Kier molecular flexibility index (Phi) is 6.75. The normalized spacial score (nSPS) is 12.1. The van der Waals surface area contributed by atoms with Gasteiger partial charge in [0.25, 0.3) is 15.9 Å². The van der Waals surface area contributed by atoms with Crippen LogP contribution in [0.25, 0.3) is 0 Å². The highest BCUT2D eigenvalue weighted by atomic mass is 32.2. The molecule has 6 nitrogen and oxygen atoms in total. The molecular formula is C27H25N3O3S. The minimum absolute atomic E-state index is 0.0152. The number of sulfonamides is 1. The molecule has 0 spiro atoms. The van der Waals surface area contributed by atoms with Gasteiger partial charge in [0.15, 0.2) is 0 Å². The van der Waals surface area contributed by atoms with Crippen molar-refractivity contribution in [2.24, 2.45) is 0 Å². The molecule has 34 heavy (non-hydrogen) atoms.